The average molecular weight is 307 g/mol. The van der Waals surface area contributed by atoms with Gasteiger partial charge in [0.05, 0.1) is 11.5 Å². The maximum absolute atomic E-state index is 11.1. The highest BCUT2D eigenvalue weighted by molar-refractivity contribution is 7.09. The Balaban J connectivity index is 2.15. The van der Waals surface area contributed by atoms with Crippen molar-refractivity contribution in [2.75, 3.05) is 17.2 Å². The molecule has 0 aliphatic heterocycles. The maximum atomic E-state index is 11.1. The van der Waals surface area contributed by atoms with E-state index in [1.165, 1.54) is 17.4 Å². The maximum Gasteiger partial charge on any atom is 0.311 e. The Morgan fingerprint density at radius 3 is 2.76 bits per heavy atom. The summed E-state index contributed by atoms with van der Waals surface area (Å²) in [7, 11) is 0. The lowest BCUT2D eigenvalue weighted by molar-refractivity contribution is -0.384. The van der Waals surface area contributed by atoms with Crippen molar-refractivity contribution >= 4 is 28.7 Å². The van der Waals surface area contributed by atoms with E-state index in [1.54, 1.807) is 6.07 Å². The van der Waals surface area contributed by atoms with Crippen LogP contribution < -0.4 is 10.6 Å². The first-order valence-corrected chi connectivity index (χ1v) is 7.52. The van der Waals surface area contributed by atoms with Gasteiger partial charge in [-0.3, -0.25) is 10.1 Å². The lowest BCUT2D eigenvalue weighted by atomic mass is 10.3. The summed E-state index contributed by atoms with van der Waals surface area (Å²) in [5.41, 5.74) is 0.906. The Kier molecular flexibility index (Phi) is 5.04. The molecule has 0 spiro atoms. The van der Waals surface area contributed by atoms with Crippen LogP contribution in [0.5, 0.6) is 0 Å². The molecule has 0 aliphatic rings. The van der Waals surface area contributed by atoms with E-state index in [0.717, 1.165) is 23.7 Å². The second-order valence-corrected chi connectivity index (χ2v) is 5.43. The number of rotatable bonds is 7. The topological polar surface area (TPSA) is 93.0 Å². The highest BCUT2D eigenvalue weighted by Gasteiger charge is 2.16. The van der Waals surface area contributed by atoms with Gasteiger partial charge in [-0.2, -0.15) is 0 Å². The van der Waals surface area contributed by atoms with Gasteiger partial charge in [0.25, 0.3) is 0 Å². The fourth-order valence-electron chi connectivity index (χ4n) is 1.72. The van der Waals surface area contributed by atoms with E-state index in [4.69, 9.17) is 0 Å². The Morgan fingerprint density at radius 1 is 1.33 bits per heavy atom. The molecular weight excluding hydrogens is 290 g/mol. The molecule has 0 fully saturated rings. The van der Waals surface area contributed by atoms with Crippen LogP contribution in [0.3, 0.4) is 0 Å². The van der Waals surface area contributed by atoms with Crippen LogP contribution in [0.15, 0.2) is 17.5 Å². The molecule has 7 nitrogen and oxygen atoms in total. The van der Waals surface area contributed by atoms with Crippen molar-refractivity contribution in [2.24, 2.45) is 0 Å². The Hall–Kier alpha value is -2.22. The van der Waals surface area contributed by atoms with Crippen molar-refractivity contribution in [3.8, 4) is 0 Å². The van der Waals surface area contributed by atoms with Gasteiger partial charge in [-0.15, -0.1) is 11.3 Å². The van der Waals surface area contributed by atoms with E-state index in [2.05, 4.69) is 20.6 Å². The SMILES string of the molecule is CCCNc1ccc([N+](=O)[O-])c(NCc2nc(C)cs2)n1. The zero-order chi connectivity index (χ0) is 15.2. The van der Waals surface area contributed by atoms with Crippen LogP contribution >= 0.6 is 11.3 Å². The molecule has 2 aromatic rings. The van der Waals surface area contributed by atoms with Gasteiger partial charge in [0, 0.05) is 23.7 Å². The number of hydrogen-bond acceptors (Lipinski definition) is 7. The summed E-state index contributed by atoms with van der Waals surface area (Å²) >= 11 is 1.51. The normalized spacial score (nSPS) is 10.4. The van der Waals surface area contributed by atoms with E-state index < -0.39 is 4.92 Å². The van der Waals surface area contributed by atoms with Crippen molar-refractivity contribution in [1.29, 1.82) is 0 Å². The molecule has 2 aromatic heterocycles. The molecule has 8 heteroatoms. The summed E-state index contributed by atoms with van der Waals surface area (Å²) < 4.78 is 0. The fourth-order valence-corrected chi connectivity index (χ4v) is 2.44. The van der Waals surface area contributed by atoms with Gasteiger partial charge < -0.3 is 10.6 Å². The van der Waals surface area contributed by atoms with E-state index in [9.17, 15) is 10.1 Å². The molecular formula is C13H17N5O2S. The molecule has 0 amide bonds. The first-order chi connectivity index (χ1) is 10.1. The number of aromatic nitrogens is 2. The first kappa shape index (κ1) is 15.2. The number of thiazole rings is 1. The molecule has 2 heterocycles. The third-order valence-electron chi connectivity index (χ3n) is 2.70. The van der Waals surface area contributed by atoms with Crippen LogP contribution in [0.4, 0.5) is 17.3 Å². The van der Waals surface area contributed by atoms with Crippen LogP contribution in [-0.4, -0.2) is 21.4 Å². The second kappa shape index (κ2) is 6.98. The summed E-state index contributed by atoms with van der Waals surface area (Å²) in [6.07, 6.45) is 0.958. The van der Waals surface area contributed by atoms with Gasteiger partial charge in [0.1, 0.15) is 10.8 Å². The number of aryl methyl sites for hydroxylation is 1. The minimum atomic E-state index is -0.438. The van der Waals surface area contributed by atoms with Gasteiger partial charge >= 0.3 is 5.69 Å². The predicted molar refractivity (Wildman–Crippen MR) is 83.8 cm³/mol. The molecule has 0 aromatic carbocycles. The molecule has 21 heavy (non-hydrogen) atoms. The van der Waals surface area contributed by atoms with E-state index >= 15 is 0 Å². The lowest BCUT2D eigenvalue weighted by Crippen LogP contribution is -2.08. The van der Waals surface area contributed by atoms with Crippen LogP contribution in [0.1, 0.15) is 24.0 Å². The molecule has 0 saturated heterocycles. The molecule has 0 saturated carbocycles. The zero-order valence-electron chi connectivity index (χ0n) is 11.9. The minimum absolute atomic E-state index is 0.0367. The monoisotopic (exact) mass is 307 g/mol. The molecule has 0 radical (unpaired) electrons. The zero-order valence-corrected chi connectivity index (χ0v) is 12.7. The Morgan fingerprint density at radius 2 is 2.14 bits per heavy atom. The van der Waals surface area contributed by atoms with Crippen LogP contribution in [0.2, 0.25) is 0 Å². The van der Waals surface area contributed by atoms with Crippen molar-refractivity contribution in [3.05, 3.63) is 38.3 Å². The summed E-state index contributed by atoms with van der Waals surface area (Å²) in [4.78, 5) is 19.2. The van der Waals surface area contributed by atoms with Crippen LogP contribution in [-0.2, 0) is 6.54 Å². The van der Waals surface area contributed by atoms with Crippen LogP contribution in [0.25, 0.3) is 0 Å². The fraction of sp³-hybridized carbons (Fsp3) is 0.385. The smallest absolute Gasteiger partial charge is 0.311 e. The van der Waals surface area contributed by atoms with Crippen molar-refractivity contribution in [1.82, 2.24) is 9.97 Å². The third-order valence-corrected chi connectivity index (χ3v) is 3.67. The molecule has 0 unspecified atom stereocenters. The minimum Gasteiger partial charge on any atom is -0.370 e. The summed E-state index contributed by atoms with van der Waals surface area (Å²) in [5.74, 6) is 0.884. The van der Waals surface area contributed by atoms with Crippen molar-refractivity contribution in [2.45, 2.75) is 26.8 Å². The quantitative estimate of drug-likeness (QED) is 0.603. The number of anilines is 2. The summed E-state index contributed by atoms with van der Waals surface area (Å²) in [5, 5.41) is 20.0. The Bertz CT molecular complexity index is 629. The number of nitro groups is 1. The average Bonchev–Trinajstić information content (AvgIpc) is 2.88. The van der Waals surface area contributed by atoms with Gasteiger partial charge in [-0.1, -0.05) is 6.92 Å². The van der Waals surface area contributed by atoms with E-state index in [-0.39, 0.29) is 11.5 Å². The van der Waals surface area contributed by atoms with Crippen LogP contribution in [0, 0.1) is 17.0 Å². The number of pyridine rings is 1. The standard InChI is InChI=1S/C13H17N5O2S/c1-3-6-14-11-5-4-10(18(19)20)13(17-11)15-7-12-16-9(2)8-21-12/h4-5,8H,3,6-7H2,1-2H3,(H2,14,15,17). The second-order valence-electron chi connectivity index (χ2n) is 4.48. The first-order valence-electron chi connectivity index (χ1n) is 6.64. The number of hydrogen-bond donors (Lipinski definition) is 2. The third kappa shape index (κ3) is 4.12. The molecule has 2 N–H and O–H groups in total. The molecule has 0 bridgehead atoms. The van der Waals surface area contributed by atoms with Gasteiger partial charge in [0.15, 0.2) is 0 Å². The number of nitrogens with zero attached hydrogens (tertiary/aromatic N) is 3. The van der Waals surface area contributed by atoms with Gasteiger partial charge in [-0.25, -0.2) is 9.97 Å². The van der Waals surface area contributed by atoms with E-state index in [0.29, 0.717) is 12.4 Å². The molecule has 0 atom stereocenters. The number of nitrogens with one attached hydrogen (secondary N) is 2. The lowest BCUT2D eigenvalue weighted by Gasteiger charge is -2.08. The largest absolute Gasteiger partial charge is 0.370 e. The summed E-state index contributed by atoms with van der Waals surface area (Å²) in [6, 6.07) is 3.08. The highest BCUT2D eigenvalue weighted by Crippen LogP contribution is 2.24. The van der Waals surface area contributed by atoms with Gasteiger partial charge in [0.2, 0.25) is 5.82 Å². The summed E-state index contributed by atoms with van der Waals surface area (Å²) in [6.45, 7) is 5.15. The van der Waals surface area contributed by atoms with E-state index in [1.807, 2.05) is 19.2 Å². The molecule has 0 aliphatic carbocycles. The predicted octanol–water partition coefficient (Wildman–Crippen LogP) is 3.19. The highest BCUT2D eigenvalue weighted by atomic mass is 32.1. The van der Waals surface area contributed by atoms with Crippen molar-refractivity contribution in [3.63, 3.8) is 0 Å². The Labute approximate surface area is 126 Å². The van der Waals surface area contributed by atoms with Gasteiger partial charge in [-0.05, 0) is 19.4 Å². The molecule has 112 valence electrons. The molecule has 2 rings (SSSR count). The van der Waals surface area contributed by atoms with Crippen molar-refractivity contribution < 1.29 is 4.92 Å².